The molecule has 1 aromatic rings. The van der Waals surface area contributed by atoms with Gasteiger partial charge in [0.25, 0.3) is 11.8 Å². The van der Waals surface area contributed by atoms with Gasteiger partial charge in [0, 0.05) is 12.2 Å². The molecule has 0 atom stereocenters. The fourth-order valence-corrected chi connectivity index (χ4v) is 3.98. The first-order valence-corrected chi connectivity index (χ1v) is 10.4. The van der Waals surface area contributed by atoms with Crippen LogP contribution in [0.2, 0.25) is 0 Å². The van der Waals surface area contributed by atoms with Crippen molar-refractivity contribution in [3.63, 3.8) is 0 Å². The molecule has 0 bridgehead atoms. The molecule has 2 N–H and O–H groups in total. The van der Waals surface area contributed by atoms with E-state index < -0.39 is 29.4 Å². The fraction of sp³-hybridized carbons (Fsp3) is 0.524. The maximum Gasteiger partial charge on any atom is 0.344 e. The normalized spacial score (nSPS) is 17.6. The first kappa shape index (κ1) is 21.6. The third kappa shape index (κ3) is 4.39. The molecule has 1 aliphatic carbocycles. The summed E-state index contributed by atoms with van der Waals surface area (Å²) in [5.74, 6) is -1.32. The van der Waals surface area contributed by atoms with Crippen molar-refractivity contribution in [1.29, 1.82) is 0 Å². The van der Waals surface area contributed by atoms with Gasteiger partial charge in [0.15, 0.2) is 0 Å². The third-order valence-electron chi connectivity index (χ3n) is 5.54. The number of hydrogen-bond donors (Lipinski definition) is 2. The van der Waals surface area contributed by atoms with Gasteiger partial charge in [-0.25, -0.2) is 9.59 Å². The third-order valence-corrected chi connectivity index (χ3v) is 5.54. The quantitative estimate of drug-likeness (QED) is 0.520. The molecule has 30 heavy (non-hydrogen) atoms. The van der Waals surface area contributed by atoms with E-state index in [0.717, 1.165) is 24.3 Å². The van der Waals surface area contributed by atoms with Gasteiger partial charge in [-0.15, -0.1) is 0 Å². The number of nitrogens with one attached hydrogen (secondary N) is 2. The van der Waals surface area contributed by atoms with Gasteiger partial charge in [0.05, 0.1) is 18.7 Å². The largest absolute Gasteiger partial charge is 0.462 e. The van der Waals surface area contributed by atoms with E-state index in [0.29, 0.717) is 30.6 Å². The molecule has 0 unspecified atom stereocenters. The highest BCUT2D eigenvalue weighted by molar-refractivity contribution is 6.08. The number of hydrogen-bond acceptors (Lipinski definition) is 6. The van der Waals surface area contributed by atoms with Crippen molar-refractivity contribution >= 4 is 29.5 Å². The Labute approximate surface area is 175 Å². The van der Waals surface area contributed by atoms with Crippen LogP contribution in [0.25, 0.3) is 0 Å². The van der Waals surface area contributed by atoms with Crippen LogP contribution in [0.3, 0.4) is 0 Å². The molecule has 2 fully saturated rings. The van der Waals surface area contributed by atoms with E-state index in [1.54, 1.807) is 36.1 Å². The summed E-state index contributed by atoms with van der Waals surface area (Å²) in [4.78, 5) is 51.4. The second kappa shape index (κ2) is 9.15. The second-order valence-corrected chi connectivity index (χ2v) is 7.53. The predicted molar refractivity (Wildman–Crippen MR) is 110 cm³/mol. The molecule has 9 heteroatoms. The van der Waals surface area contributed by atoms with Gasteiger partial charge in [0.2, 0.25) is 0 Å². The average molecular weight is 416 g/mol. The van der Waals surface area contributed by atoms with Gasteiger partial charge >= 0.3 is 12.0 Å². The van der Waals surface area contributed by atoms with Crippen LogP contribution in [0.15, 0.2) is 24.3 Å². The molecule has 1 aromatic carbocycles. The highest BCUT2D eigenvalue weighted by Gasteiger charge is 2.52. The van der Waals surface area contributed by atoms with E-state index in [4.69, 9.17) is 4.74 Å². The molecule has 9 nitrogen and oxygen atoms in total. The molecule has 0 aromatic heterocycles. The zero-order chi connectivity index (χ0) is 21.7. The van der Waals surface area contributed by atoms with Crippen molar-refractivity contribution in [1.82, 2.24) is 15.8 Å². The number of anilines is 1. The summed E-state index contributed by atoms with van der Waals surface area (Å²) >= 11 is 0. The molecule has 1 aliphatic heterocycles. The Bertz CT molecular complexity index is 834. The second-order valence-electron chi connectivity index (χ2n) is 7.53. The molecule has 162 valence electrons. The maximum absolute atomic E-state index is 12.8. The number of carbonyl (C=O) groups excluding carboxylic acids is 4. The summed E-state index contributed by atoms with van der Waals surface area (Å²) in [6.07, 6.45) is 3.95. The smallest absolute Gasteiger partial charge is 0.344 e. The monoisotopic (exact) mass is 416 g/mol. The average Bonchev–Trinajstić information content (AvgIpc) is 2.96. The molecule has 1 spiro atoms. The lowest BCUT2D eigenvalue weighted by Crippen LogP contribution is -2.52. The number of amides is 4. The Balaban J connectivity index is 1.66. The van der Waals surface area contributed by atoms with Gasteiger partial charge in [-0.2, -0.15) is 5.01 Å². The molecule has 1 saturated heterocycles. The fourth-order valence-electron chi connectivity index (χ4n) is 3.98. The summed E-state index contributed by atoms with van der Waals surface area (Å²) in [5.41, 5.74) is 2.61. The van der Waals surface area contributed by atoms with Crippen molar-refractivity contribution in [3.05, 3.63) is 29.8 Å². The summed E-state index contributed by atoms with van der Waals surface area (Å²) in [6, 6.07) is 6.20. The van der Waals surface area contributed by atoms with Crippen molar-refractivity contribution in [2.45, 2.75) is 51.5 Å². The number of benzene rings is 1. The minimum absolute atomic E-state index is 0.0765. The Kier molecular flexibility index (Phi) is 6.59. The topological polar surface area (TPSA) is 108 Å². The lowest BCUT2D eigenvalue weighted by molar-refractivity contribution is -0.139. The lowest BCUT2D eigenvalue weighted by Gasteiger charge is -2.30. The van der Waals surface area contributed by atoms with Gasteiger partial charge in [-0.3, -0.25) is 15.0 Å². The SMILES string of the molecule is CCOC(=O)c1cccc(N(CC)CC(=O)NN2C(=O)NC3(CCCCC3)C2=O)c1. The van der Waals surface area contributed by atoms with Crippen molar-refractivity contribution in [2.24, 2.45) is 0 Å². The first-order valence-electron chi connectivity index (χ1n) is 10.4. The molecular formula is C21H28N4O5. The summed E-state index contributed by atoms with van der Waals surface area (Å²) in [6.45, 7) is 4.29. The van der Waals surface area contributed by atoms with Gasteiger partial charge in [0.1, 0.15) is 5.54 Å². The molecular weight excluding hydrogens is 388 g/mol. The van der Waals surface area contributed by atoms with E-state index in [-0.39, 0.29) is 13.2 Å². The van der Waals surface area contributed by atoms with E-state index in [9.17, 15) is 19.2 Å². The van der Waals surface area contributed by atoms with Crippen LogP contribution in [0.5, 0.6) is 0 Å². The number of carbonyl (C=O) groups is 4. The number of likely N-dealkylation sites (N-methyl/N-ethyl adjacent to an activating group) is 1. The number of esters is 1. The van der Waals surface area contributed by atoms with Crippen LogP contribution in [0, 0.1) is 0 Å². The zero-order valence-corrected chi connectivity index (χ0v) is 17.4. The Morgan fingerprint density at radius 2 is 1.93 bits per heavy atom. The molecule has 1 saturated carbocycles. The van der Waals surface area contributed by atoms with Gasteiger partial charge in [-0.05, 0) is 44.9 Å². The minimum atomic E-state index is -0.888. The first-order chi connectivity index (χ1) is 14.4. The van der Waals surface area contributed by atoms with Gasteiger partial charge in [-0.1, -0.05) is 25.3 Å². The lowest BCUT2D eigenvalue weighted by atomic mass is 9.82. The molecule has 1 heterocycles. The molecule has 4 amide bonds. The van der Waals surface area contributed by atoms with E-state index >= 15 is 0 Å². The molecule has 0 radical (unpaired) electrons. The van der Waals surface area contributed by atoms with Gasteiger partial charge < -0.3 is 15.0 Å². The maximum atomic E-state index is 12.8. The summed E-state index contributed by atoms with van der Waals surface area (Å²) in [5, 5.41) is 3.57. The van der Waals surface area contributed by atoms with E-state index in [2.05, 4.69) is 10.7 Å². The summed E-state index contributed by atoms with van der Waals surface area (Å²) < 4.78 is 5.02. The van der Waals surface area contributed by atoms with Crippen LogP contribution in [0.4, 0.5) is 10.5 Å². The predicted octanol–water partition coefficient (Wildman–Crippen LogP) is 1.98. The van der Waals surface area contributed by atoms with E-state index in [1.807, 2.05) is 6.92 Å². The standard InChI is InChI=1S/C21H28N4O5/c1-3-24(16-10-8-9-15(13-16)18(27)30-4-2)14-17(26)23-25-19(28)21(22-20(25)29)11-6-5-7-12-21/h8-10,13H,3-7,11-12,14H2,1-2H3,(H,22,29)(H,23,26). The number of urea groups is 1. The Morgan fingerprint density at radius 3 is 2.60 bits per heavy atom. The Hall–Kier alpha value is -3.10. The highest BCUT2D eigenvalue weighted by atomic mass is 16.5. The van der Waals surface area contributed by atoms with E-state index in [1.165, 1.54) is 0 Å². The number of ether oxygens (including phenoxy) is 1. The number of rotatable bonds is 7. The molecule has 3 rings (SSSR count). The zero-order valence-electron chi connectivity index (χ0n) is 17.4. The van der Waals surface area contributed by atoms with Crippen molar-refractivity contribution in [3.8, 4) is 0 Å². The Morgan fingerprint density at radius 1 is 1.20 bits per heavy atom. The number of hydrazine groups is 1. The molecule has 2 aliphatic rings. The summed E-state index contributed by atoms with van der Waals surface area (Å²) in [7, 11) is 0. The van der Waals surface area contributed by atoms with Crippen molar-refractivity contribution < 1.29 is 23.9 Å². The van der Waals surface area contributed by atoms with Crippen molar-refractivity contribution in [2.75, 3.05) is 24.6 Å². The number of imide groups is 1. The van der Waals surface area contributed by atoms with Crippen LogP contribution in [-0.2, 0) is 14.3 Å². The van der Waals surface area contributed by atoms with Crippen LogP contribution < -0.4 is 15.6 Å². The van der Waals surface area contributed by atoms with Crippen LogP contribution in [0.1, 0.15) is 56.3 Å². The van der Waals surface area contributed by atoms with Crippen LogP contribution in [-0.4, -0.2) is 54.1 Å². The minimum Gasteiger partial charge on any atom is -0.462 e. The highest BCUT2D eigenvalue weighted by Crippen LogP contribution is 2.33. The van der Waals surface area contributed by atoms with Crippen LogP contribution >= 0.6 is 0 Å². The number of nitrogens with zero attached hydrogens (tertiary/aromatic N) is 2.